The zero-order valence-electron chi connectivity index (χ0n) is 13.3. The zero-order chi connectivity index (χ0) is 15.9. The molecule has 0 saturated heterocycles. The van der Waals surface area contributed by atoms with Gasteiger partial charge in [0.15, 0.2) is 5.82 Å². The fourth-order valence-corrected chi connectivity index (χ4v) is 3.11. The van der Waals surface area contributed by atoms with Gasteiger partial charge in [0.05, 0.1) is 12.6 Å². The van der Waals surface area contributed by atoms with Gasteiger partial charge in [0.25, 0.3) is 0 Å². The first-order valence-electron chi connectivity index (χ1n) is 8.40. The molecule has 0 aliphatic heterocycles. The number of tetrazole rings is 1. The standard InChI is InChI=1S/C17H23N5O/c23-17(12-11-14-7-3-1-4-8-14)18-13-16-19-20-21-22(16)15-9-5-2-6-10-15/h1,3-4,7-8,15H,2,5-6,9-13H2,(H,18,23). The second kappa shape index (κ2) is 7.85. The summed E-state index contributed by atoms with van der Waals surface area (Å²) in [6.07, 6.45) is 7.24. The number of aromatic nitrogens is 4. The van der Waals surface area contributed by atoms with Crippen LogP contribution in [0.1, 0.15) is 56.0 Å². The Morgan fingerprint density at radius 3 is 2.74 bits per heavy atom. The van der Waals surface area contributed by atoms with E-state index in [9.17, 15) is 4.79 Å². The van der Waals surface area contributed by atoms with Crippen LogP contribution >= 0.6 is 0 Å². The smallest absolute Gasteiger partial charge is 0.220 e. The fraction of sp³-hybridized carbons (Fsp3) is 0.529. The molecule has 0 unspecified atom stereocenters. The van der Waals surface area contributed by atoms with Crippen molar-refractivity contribution in [2.45, 2.75) is 57.5 Å². The second-order valence-corrected chi connectivity index (χ2v) is 6.09. The van der Waals surface area contributed by atoms with E-state index in [1.807, 2.05) is 35.0 Å². The molecule has 3 rings (SSSR count). The summed E-state index contributed by atoms with van der Waals surface area (Å²) in [6, 6.07) is 10.4. The molecule has 1 amide bonds. The van der Waals surface area contributed by atoms with Crippen LogP contribution in [0, 0.1) is 0 Å². The Morgan fingerprint density at radius 1 is 1.17 bits per heavy atom. The van der Waals surface area contributed by atoms with E-state index in [1.54, 1.807) is 0 Å². The molecule has 1 aromatic carbocycles. The van der Waals surface area contributed by atoms with Crippen LogP contribution in [0.15, 0.2) is 30.3 Å². The molecule has 1 fully saturated rings. The summed E-state index contributed by atoms with van der Waals surface area (Å²) in [5.41, 5.74) is 1.18. The molecule has 1 aromatic heterocycles. The van der Waals surface area contributed by atoms with Gasteiger partial charge in [-0.05, 0) is 35.3 Å². The third kappa shape index (κ3) is 4.37. The molecule has 6 nitrogen and oxygen atoms in total. The van der Waals surface area contributed by atoms with Crippen molar-refractivity contribution in [2.75, 3.05) is 0 Å². The highest BCUT2D eigenvalue weighted by Gasteiger charge is 2.20. The number of rotatable bonds is 6. The average Bonchev–Trinajstić information content (AvgIpc) is 3.08. The van der Waals surface area contributed by atoms with Crippen molar-refractivity contribution in [1.29, 1.82) is 0 Å². The lowest BCUT2D eigenvalue weighted by atomic mass is 9.95. The molecule has 2 aromatic rings. The zero-order valence-corrected chi connectivity index (χ0v) is 13.3. The predicted molar refractivity (Wildman–Crippen MR) is 86.5 cm³/mol. The first kappa shape index (κ1) is 15.6. The van der Waals surface area contributed by atoms with Gasteiger partial charge < -0.3 is 5.32 Å². The quantitative estimate of drug-likeness (QED) is 0.889. The molecule has 0 radical (unpaired) electrons. The van der Waals surface area contributed by atoms with Crippen molar-refractivity contribution in [3.63, 3.8) is 0 Å². The minimum atomic E-state index is 0.0343. The van der Waals surface area contributed by atoms with Gasteiger partial charge in [-0.2, -0.15) is 0 Å². The van der Waals surface area contributed by atoms with Crippen LogP contribution in [0.3, 0.4) is 0 Å². The molecule has 23 heavy (non-hydrogen) atoms. The Bertz CT molecular complexity index is 619. The summed E-state index contributed by atoms with van der Waals surface area (Å²) in [7, 11) is 0. The third-order valence-corrected chi connectivity index (χ3v) is 4.41. The Labute approximate surface area is 136 Å². The lowest BCUT2D eigenvalue weighted by Crippen LogP contribution is -2.26. The van der Waals surface area contributed by atoms with Gasteiger partial charge in [-0.1, -0.05) is 49.6 Å². The van der Waals surface area contributed by atoms with E-state index in [4.69, 9.17) is 0 Å². The van der Waals surface area contributed by atoms with Crippen molar-refractivity contribution in [1.82, 2.24) is 25.5 Å². The summed E-state index contributed by atoms with van der Waals surface area (Å²) >= 11 is 0. The highest BCUT2D eigenvalue weighted by molar-refractivity contribution is 5.76. The van der Waals surface area contributed by atoms with E-state index in [1.165, 1.54) is 24.8 Å². The predicted octanol–water partition coefficient (Wildman–Crippen LogP) is 2.43. The van der Waals surface area contributed by atoms with Crippen LogP contribution in [-0.4, -0.2) is 26.1 Å². The molecule has 1 heterocycles. The topological polar surface area (TPSA) is 72.7 Å². The van der Waals surface area contributed by atoms with Gasteiger partial charge >= 0.3 is 0 Å². The molecule has 1 aliphatic carbocycles. The van der Waals surface area contributed by atoms with Crippen LogP contribution in [-0.2, 0) is 17.8 Å². The van der Waals surface area contributed by atoms with Gasteiger partial charge in [-0.25, -0.2) is 4.68 Å². The fourth-order valence-electron chi connectivity index (χ4n) is 3.11. The minimum absolute atomic E-state index is 0.0343. The number of aryl methyl sites for hydroxylation is 1. The van der Waals surface area contributed by atoms with Gasteiger partial charge in [-0.3, -0.25) is 4.79 Å². The van der Waals surface area contributed by atoms with E-state index >= 15 is 0 Å². The van der Waals surface area contributed by atoms with Crippen LogP contribution < -0.4 is 5.32 Å². The maximum absolute atomic E-state index is 12.0. The molecule has 1 N–H and O–H groups in total. The SMILES string of the molecule is O=C(CCc1ccccc1)NCc1nnnn1C1CCCCC1. The summed E-state index contributed by atoms with van der Waals surface area (Å²) < 4.78 is 1.90. The Morgan fingerprint density at radius 2 is 1.96 bits per heavy atom. The van der Waals surface area contributed by atoms with Crippen molar-refractivity contribution >= 4 is 5.91 Å². The number of hydrogen-bond donors (Lipinski definition) is 1. The molecule has 0 spiro atoms. The van der Waals surface area contributed by atoms with Crippen LogP contribution in [0.2, 0.25) is 0 Å². The number of carbonyl (C=O) groups excluding carboxylic acids is 1. The summed E-state index contributed by atoms with van der Waals surface area (Å²) in [6.45, 7) is 0.400. The summed E-state index contributed by atoms with van der Waals surface area (Å²) in [5, 5.41) is 14.9. The van der Waals surface area contributed by atoms with Crippen molar-refractivity contribution in [3.8, 4) is 0 Å². The van der Waals surface area contributed by atoms with Gasteiger partial charge in [0, 0.05) is 6.42 Å². The monoisotopic (exact) mass is 313 g/mol. The minimum Gasteiger partial charge on any atom is -0.349 e. The molecule has 1 saturated carbocycles. The first-order chi connectivity index (χ1) is 11.3. The summed E-state index contributed by atoms with van der Waals surface area (Å²) in [5.74, 6) is 0.789. The molecule has 0 atom stereocenters. The van der Waals surface area contributed by atoms with Gasteiger partial charge in [0.1, 0.15) is 0 Å². The number of hydrogen-bond acceptors (Lipinski definition) is 4. The van der Waals surface area contributed by atoms with E-state index < -0.39 is 0 Å². The Balaban J connectivity index is 1.48. The third-order valence-electron chi connectivity index (χ3n) is 4.41. The lowest BCUT2D eigenvalue weighted by Gasteiger charge is -2.22. The number of benzene rings is 1. The molecule has 122 valence electrons. The molecule has 1 aliphatic rings. The van der Waals surface area contributed by atoms with E-state index in [-0.39, 0.29) is 5.91 Å². The normalized spacial score (nSPS) is 15.5. The van der Waals surface area contributed by atoms with Crippen LogP contribution in [0.4, 0.5) is 0 Å². The van der Waals surface area contributed by atoms with Gasteiger partial charge in [0.2, 0.25) is 5.91 Å². The van der Waals surface area contributed by atoms with Crippen molar-refractivity contribution < 1.29 is 4.79 Å². The molecule has 6 heteroatoms. The van der Waals surface area contributed by atoms with E-state index in [2.05, 4.69) is 20.8 Å². The Kier molecular flexibility index (Phi) is 5.34. The highest BCUT2D eigenvalue weighted by Crippen LogP contribution is 2.27. The molecular formula is C17H23N5O. The largest absolute Gasteiger partial charge is 0.349 e. The van der Waals surface area contributed by atoms with Crippen LogP contribution in [0.25, 0.3) is 0 Å². The second-order valence-electron chi connectivity index (χ2n) is 6.09. The van der Waals surface area contributed by atoms with E-state index in [0.717, 1.165) is 25.1 Å². The van der Waals surface area contributed by atoms with E-state index in [0.29, 0.717) is 19.0 Å². The number of amides is 1. The first-order valence-corrected chi connectivity index (χ1v) is 8.40. The maximum Gasteiger partial charge on any atom is 0.220 e. The Hall–Kier alpha value is -2.24. The lowest BCUT2D eigenvalue weighted by molar-refractivity contribution is -0.121. The molecule has 0 bridgehead atoms. The number of nitrogens with zero attached hydrogens (tertiary/aromatic N) is 4. The van der Waals surface area contributed by atoms with Gasteiger partial charge in [-0.15, -0.1) is 5.10 Å². The number of nitrogens with one attached hydrogen (secondary N) is 1. The van der Waals surface area contributed by atoms with Crippen LogP contribution in [0.5, 0.6) is 0 Å². The summed E-state index contributed by atoms with van der Waals surface area (Å²) in [4.78, 5) is 12.0. The number of carbonyl (C=O) groups is 1. The maximum atomic E-state index is 12.0. The highest BCUT2D eigenvalue weighted by atomic mass is 16.1. The average molecular weight is 313 g/mol. The molecular weight excluding hydrogens is 290 g/mol. The van der Waals surface area contributed by atoms with Crippen molar-refractivity contribution in [2.24, 2.45) is 0 Å². The van der Waals surface area contributed by atoms with Crippen molar-refractivity contribution in [3.05, 3.63) is 41.7 Å².